The van der Waals surface area contributed by atoms with Gasteiger partial charge < -0.3 is 19.1 Å². The highest BCUT2D eigenvalue weighted by Crippen LogP contribution is 2.28. The van der Waals surface area contributed by atoms with Crippen LogP contribution in [0.5, 0.6) is 11.5 Å². The molecule has 0 aliphatic carbocycles. The van der Waals surface area contributed by atoms with Crippen LogP contribution in [0.1, 0.15) is 15.9 Å². The minimum absolute atomic E-state index is 0.143. The molecule has 2 rings (SSSR count). The van der Waals surface area contributed by atoms with Crippen LogP contribution >= 0.6 is 0 Å². The van der Waals surface area contributed by atoms with E-state index in [0.717, 1.165) is 5.56 Å². The Bertz CT molecular complexity index is 535. The summed E-state index contributed by atoms with van der Waals surface area (Å²) in [6.07, 6.45) is 3.01. The monoisotopic (exact) mass is 249 g/mol. The molecule has 1 heterocycles. The van der Waals surface area contributed by atoms with E-state index in [9.17, 15) is 4.79 Å². The van der Waals surface area contributed by atoms with Crippen LogP contribution in [0.2, 0.25) is 0 Å². The SMILES string of the molecule is COc1cc(C(=O)O)ccc1OCc1cnoc1. The van der Waals surface area contributed by atoms with Crippen LogP contribution in [-0.4, -0.2) is 23.3 Å². The van der Waals surface area contributed by atoms with E-state index in [1.807, 2.05) is 0 Å². The standard InChI is InChI=1S/C12H11NO5/c1-16-11-4-9(12(14)15)2-3-10(11)17-6-8-5-13-18-7-8/h2-5,7H,6H2,1H3,(H,14,15). The maximum absolute atomic E-state index is 10.8. The van der Waals surface area contributed by atoms with Crippen molar-refractivity contribution in [2.75, 3.05) is 7.11 Å². The molecule has 0 aliphatic rings. The average molecular weight is 249 g/mol. The molecular formula is C12H11NO5. The Labute approximate surface area is 103 Å². The number of methoxy groups -OCH3 is 1. The molecule has 94 valence electrons. The molecule has 0 saturated heterocycles. The number of hydrogen-bond donors (Lipinski definition) is 1. The lowest BCUT2D eigenvalue weighted by Crippen LogP contribution is -2.00. The van der Waals surface area contributed by atoms with Crippen LogP contribution in [-0.2, 0) is 6.61 Å². The quantitative estimate of drug-likeness (QED) is 0.872. The lowest BCUT2D eigenvalue weighted by Gasteiger charge is -2.10. The first-order valence-corrected chi connectivity index (χ1v) is 5.13. The molecule has 18 heavy (non-hydrogen) atoms. The van der Waals surface area contributed by atoms with E-state index in [4.69, 9.17) is 14.6 Å². The van der Waals surface area contributed by atoms with Gasteiger partial charge in [-0.05, 0) is 18.2 Å². The van der Waals surface area contributed by atoms with Crippen LogP contribution in [0, 0.1) is 0 Å². The second kappa shape index (κ2) is 5.22. The van der Waals surface area contributed by atoms with Crippen molar-refractivity contribution in [1.29, 1.82) is 0 Å². The van der Waals surface area contributed by atoms with E-state index in [-0.39, 0.29) is 12.2 Å². The first-order valence-electron chi connectivity index (χ1n) is 5.13. The zero-order valence-electron chi connectivity index (χ0n) is 9.62. The third kappa shape index (κ3) is 2.60. The van der Waals surface area contributed by atoms with E-state index >= 15 is 0 Å². The summed E-state index contributed by atoms with van der Waals surface area (Å²) >= 11 is 0. The fourth-order valence-corrected chi connectivity index (χ4v) is 1.38. The Morgan fingerprint density at radius 1 is 1.44 bits per heavy atom. The summed E-state index contributed by atoms with van der Waals surface area (Å²) in [4.78, 5) is 10.8. The fraction of sp³-hybridized carbons (Fsp3) is 0.167. The number of carboxylic acid groups (broad SMARTS) is 1. The van der Waals surface area contributed by atoms with Crippen LogP contribution in [0.25, 0.3) is 0 Å². The topological polar surface area (TPSA) is 81.8 Å². The number of ether oxygens (including phenoxy) is 2. The normalized spacial score (nSPS) is 10.1. The Hall–Kier alpha value is -2.50. The van der Waals surface area contributed by atoms with E-state index in [0.29, 0.717) is 11.5 Å². The van der Waals surface area contributed by atoms with Crippen molar-refractivity contribution in [2.45, 2.75) is 6.61 Å². The molecule has 1 N–H and O–H groups in total. The third-order valence-corrected chi connectivity index (χ3v) is 2.29. The molecule has 0 spiro atoms. The van der Waals surface area contributed by atoms with Crippen molar-refractivity contribution in [2.24, 2.45) is 0 Å². The van der Waals surface area contributed by atoms with Gasteiger partial charge in [-0.25, -0.2) is 4.79 Å². The van der Waals surface area contributed by atoms with E-state index in [1.165, 1.54) is 31.7 Å². The number of aromatic nitrogens is 1. The number of nitrogens with zero attached hydrogens (tertiary/aromatic N) is 1. The highest BCUT2D eigenvalue weighted by molar-refractivity contribution is 5.88. The highest BCUT2D eigenvalue weighted by atomic mass is 16.5. The molecular weight excluding hydrogens is 238 g/mol. The van der Waals surface area contributed by atoms with E-state index in [1.54, 1.807) is 6.07 Å². The first-order chi connectivity index (χ1) is 8.70. The second-order valence-corrected chi connectivity index (χ2v) is 3.49. The summed E-state index contributed by atoms with van der Waals surface area (Å²) in [6, 6.07) is 4.41. The highest BCUT2D eigenvalue weighted by Gasteiger charge is 2.10. The molecule has 0 aliphatic heterocycles. The van der Waals surface area contributed by atoms with Crippen molar-refractivity contribution >= 4 is 5.97 Å². The maximum atomic E-state index is 10.8. The van der Waals surface area contributed by atoms with Gasteiger partial charge in [-0.1, -0.05) is 5.16 Å². The van der Waals surface area contributed by atoms with Gasteiger partial charge in [0, 0.05) is 5.56 Å². The van der Waals surface area contributed by atoms with Crippen LogP contribution in [0.4, 0.5) is 0 Å². The minimum Gasteiger partial charge on any atom is -0.493 e. The summed E-state index contributed by atoms with van der Waals surface area (Å²) in [5, 5.41) is 12.4. The van der Waals surface area contributed by atoms with Crippen LogP contribution in [0.15, 0.2) is 35.2 Å². The van der Waals surface area contributed by atoms with Crippen molar-refractivity contribution < 1.29 is 23.9 Å². The summed E-state index contributed by atoms with van der Waals surface area (Å²) in [7, 11) is 1.45. The predicted molar refractivity (Wildman–Crippen MR) is 60.8 cm³/mol. The molecule has 0 fully saturated rings. The Balaban J connectivity index is 2.14. The molecule has 0 amide bonds. The van der Waals surface area contributed by atoms with Crippen molar-refractivity contribution in [3.05, 3.63) is 41.8 Å². The van der Waals surface area contributed by atoms with Gasteiger partial charge in [-0.2, -0.15) is 0 Å². The van der Waals surface area contributed by atoms with E-state index < -0.39 is 5.97 Å². The number of carbonyl (C=O) groups is 1. The number of rotatable bonds is 5. The molecule has 0 radical (unpaired) electrons. The van der Waals surface area contributed by atoms with Gasteiger partial charge >= 0.3 is 5.97 Å². The maximum Gasteiger partial charge on any atom is 0.335 e. The van der Waals surface area contributed by atoms with Gasteiger partial charge in [0.1, 0.15) is 12.9 Å². The van der Waals surface area contributed by atoms with Gasteiger partial charge in [0.05, 0.1) is 18.9 Å². The molecule has 0 atom stereocenters. The van der Waals surface area contributed by atoms with Crippen molar-refractivity contribution in [1.82, 2.24) is 5.16 Å². The lowest BCUT2D eigenvalue weighted by molar-refractivity contribution is 0.0696. The van der Waals surface area contributed by atoms with Crippen molar-refractivity contribution in [3.63, 3.8) is 0 Å². The molecule has 1 aromatic carbocycles. The van der Waals surface area contributed by atoms with E-state index in [2.05, 4.69) is 9.68 Å². The smallest absolute Gasteiger partial charge is 0.335 e. The summed E-state index contributed by atoms with van der Waals surface area (Å²) in [5.74, 6) is -0.186. The first kappa shape index (κ1) is 12.0. The minimum atomic E-state index is -1.01. The molecule has 6 nitrogen and oxygen atoms in total. The fourth-order valence-electron chi connectivity index (χ4n) is 1.38. The largest absolute Gasteiger partial charge is 0.493 e. The van der Waals surface area contributed by atoms with Crippen LogP contribution < -0.4 is 9.47 Å². The molecule has 2 aromatic rings. The number of carboxylic acids is 1. The van der Waals surface area contributed by atoms with Gasteiger partial charge in [0.2, 0.25) is 0 Å². The lowest BCUT2D eigenvalue weighted by atomic mass is 10.2. The number of hydrogen-bond acceptors (Lipinski definition) is 5. The average Bonchev–Trinajstić information content (AvgIpc) is 2.89. The summed E-state index contributed by atoms with van der Waals surface area (Å²) in [5.41, 5.74) is 0.920. The Morgan fingerprint density at radius 3 is 2.89 bits per heavy atom. The Kier molecular flexibility index (Phi) is 3.47. The molecule has 0 saturated carbocycles. The second-order valence-electron chi connectivity index (χ2n) is 3.49. The predicted octanol–water partition coefficient (Wildman–Crippen LogP) is 1.96. The summed E-state index contributed by atoms with van der Waals surface area (Å²) < 4.78 is 15.2. The zero-order chi connectivity index (χ0) is 13.0. The zero-order valence-corrected chi connectivity index (χ0v) is 9.62. The van der Waals surface area contributed by atoms with Gasteiger partial charge in [0.25, 0.3) is 0 Å². The molecule has 0 unspecified atom stereocenters. The third-order valence-electron chi connectivity index (χ3n) is 2.29. The van der Waals surface area contributed by atoms with Gasteiger partial charge in [-0.3, -0.25) is 0 Å². The van der Waals surface area contributed by atoms with Gasteiger partial charge in [-0.15, -0.1) is 0 Å². The van der Waals surface area contributed by atoms with Gasteiger partial charge in [0.15, 0.2) is 11.5 Å². The molecule has 1 aromatic heterocycles. The number of benzene rings is 1. The summed E-state index contributed by atoms with van der Waals surface area (Å²) in [6.45, 7) is 0.270. The van der Waals surface area contributed by atoms with Crippen LogP contribution in [0.3, 0.4) is 0 Å². The van der Waals surface area contributed by atoms with Crippen molar-refractivity contribution in [3.8, 4) is 11.5 Å². The number of aromatic carboxylic acids is 1. The molecule has 0 bridgehead atoms. The molecule has 6 heteroatoms. The Morgan fingerprint density at radius 2 is 2.28 bits per heavy atom.